The zero-order valence-electron chi connectivity index (χ0n) is 14.2. The first-order chi connectivity index (χ1) is 11.7. The molecule has 2 fully saturated rings. The summed E-state index contributed by atoms with van der Waals surface area (Å²) in [5.74, 6) is 0.278. The molecule has 132 valence electrons. The summed E-state index contributed by atoms with van der Waals surface area (Å²) in [6, 6.07) is 4.25. The summed E-state index contributed by atoms with van der Waals surface area (Å²) in [4.78, 5) is 31.7. The molecule has 3 rings (SSSR count). The third-order valence-corrected chi connectivity index (χ3v) is 5.78. The van der Waals surface area contributed by atoms with Crippen LogP contribution in [0.25, 0.3) is 0 Å². The Hall–Kier alpha value is -1.44. The van der Waals surface area contributed by atoms with Gasteiger partial charge in [0.1, 0.15) is 0 Å². The Kier molecular flexibility index (Phi) is 5.86. The van der Waals surface area contributed by atoms with Crippen LogP contribution >= 0.6 is 11.3 Å². The number of rotatable bonds is 4. The summed E-state index contributed by atoms with van der Waals surface area (Å²) in [6.45, 7) is 4.97. The van der Waals surface area contributed by atoms with E-state index in [0.29, 0.717) is 38.8 Å². The normalized spacial score (nSPS) is 22.6. The van der Waals surface area contributed by atoms with Crippen LogP contribution in [0.3, 0.4) is 0 Å². The number of nitrogens with one attached hydrogen (secondary N) is 1. The van der Waals surface area contributed by atoms with E-state index in [-0.39, 0.29) is 11.8 Å². The van der Waals surface area contributed by atoms with E-state index in [9.17, 15) is 9.59 Å². The first-order valence-electron chi connectivity index (χ1n) is 8.67. The van der Waals surface area contributed by atoms with Gasteiger partial charge in [0.2, 0.25) is 5.91 Å². The second-order valence-electron chi connectivity index (χ2n) is 6.51. The number of likely N-dealkylation sites (tertiary alicyclic amines) is 1. The predicted molar refractivity (Wildman–Crippen MR) is 95.3 cm³/mol. The third kappa shape index (κ3) is 4.15. The molecule has 1 unspecified atom stereocenters. The Morgan fingerprint density at radius 2 is 1.96 bits per heavy atom. The third-order valence-electron chi connectivity index (χ3n) is 4.92. The molecular weight excluding hydrogens is 324 g/mol. The number of likely N-dealkylation sites (N-methyl/N-ethyl adjacent to an activating group) is 1. The van der Waals surface area contributed by atoms with Crippen LogP contribution in [0.5, 0.6) is 0 Å². The average molecular weight is 350 g/mol. The van der Waals surface area contributed by atoms with Gasteiger partial charge < -0.3 is 15.1 Å². The van der Waals surface area contributed by atoms with E-state index in [2.05, 4.69) is 10.2 Å². The molecule has 1 atom stereocenters. The molecule has 1 aromatic rings. The zero-order valence-corrected chi connectivity index (χ0v) is 15.1. The van der Waals surface area contributed by atoms with Crippen LogP contribution in [0, 0.1) is 0 Å². The van der Waals surface area contributed by atoms with Crippen molar-refractivity contribution < 1.29 is 9.59 Å². The molecule has 2 aliphatic rings. The van der Waals surface area contributed by atoms with Gasteiger partial charge in [0.15, 0.2) is 0 Å². The molecule has 0 radical (unpaired) electrons. The van der Waals surface area contributed by atoms with Crippen LogP contribution in [-0.2, 0) is 4.79 Å². The summed E-state index contributed by atoms with van der Waals surface area (Å²) in [5.41, 5.74) is 0. The van der Waals surface area contributed by atoms with E-state index in [1.54, 1.807) is 0 Å². The summed E-state index contributed by atoms with van der Waals surface area (Å²) in [6.07, 6.45) is 2.33. The van der Waals surface area contributed by atoms with Gasteiger partial charge in [-0.05, 0) is 37.9 Å². The molecule has 2 amide bonds. The van der Waals surface area contributed by atoms with E-state index in [4.69, 9.17) is 0 Å². The zero-order chi connectivity index (χ0) is 16.9. The minimum atomic E-state index is 0.0880. The lowest BCUT2D eigenvalue weighted by molar-refractivity contribution is -0.134. The van der Waals surface area contributed by atoms with Gasteiger partial charge >= 0.3 is 0 Å². The molecule has 24 heavy (non-hydrogen) atoms. The van der Waals surface area contributed by atoms with E-state index in [1.807, 2.05) is 34.4 Å². The van der Waals surface area contributed by atoms with E-state index < -0.39 is 0 Å². The van der Waals surface area contributed by atoms with Gasteiger partial charge in [-0.15, -0.1) is 11.3 Å². The molecule has 2 saturated heterocycles. The van der Waals surface area contributed by atoms with Crippen molar-refractivity contribution in [2.24, 2.45) is 0 Å². The highest BCUT2D eigenvalue weighted by Crippen LogP contribution is 2.15. The lowest BCUT2D eigenvalue weighted by Gasteiger charge is -2.37. The lowest BCUT2D eigenvalue weighted by atomic mass is 10.1. The number of carbonyl (C=O) groups excluding carboxylic acids is 2. The maximum absolute atomic E-state index is 12.5. The highest BCUT2D eigenvalue weighted by atomic mass is 32.1. The number of hydrogen-bond donors (Lipinski definition) is 1. The molecule has 1 aromatic heterocycles. The minimum absolute atomic E-state index is 0.0880. The Bertz CT molecular complexity index is 555. The van der Waals surface area contributed by atoms with Crippen molar-refractivity contribution in [3.63, 3.8) is 0 Å². The van der Waals surface area contributed by atoms with Crippen molar-refractivity contribution in [1.29, 1.82) is 0 Å². The van der Waals surface area contributed by atoms with E-state index >= 15 is 0 Å². The summed E-state index contributed by atoms with van der Waals surface area (Å²) >= 11 is 1.47. The fourth-order valence-corrected chi connectivity index (χ4v) is 4.13. The number of hydrogen-bond acceptors (Lipinski definition) is 5. The van der Waals surface area contributed by atoms with Crippen molar-refractivity contribution in [1.82, 2.24) is 20.0 Å². The van der Waals surface area contributed by atoms with Crippen molar-refractivity contribution >= 4 is 23.2 Å². The first-order valence-corrected chi connectivity index (χ1v) is 9.55. The minimum Gasteiger partial charge on any atom is -0.338 e. The Labute approximate surface area is 147 Å². The standard InChI is InChI=1S/C17H26N4O2S/c1-18-14-4-2-6-19(12-14)13-16(22)20-7-9-21(10-8-20)17(23)15-5-3-11-24-15/h3,5,11,14,18H,2,4,6-10,12-13H2,1H3. The number of amides is 2. The molecule has 0 bridgehead atoms. The van der Waals surface area contributed by atoms with Crippen molar-refractivity contribution in [3.8, 4) is 0 Å². The van der Waals surface area contributed by atoms with Gasteiger partial charge in [-0.3, -0.25) is 14.5 Å². The molecule has 6 nitrogen and oxygen atoms in total. The number of nitrogens with zero attached hydrogens (tertiary/aromatic N) is 3. The van der Waals surface area contributed by atoms with Crippen LogP contribution in [0.15, 0.2) is 17.5 Å². The van der Waals surface area contributed by atoms with Gasteiger partial charge in [-0.25, -0.2) is 0 Å². The van der Waals surface area contributed by atoms with Crippen LogP contribution in [0.1, 0.15) is 22.5 Å². The van der Waals surface area contributed by atoms with Crippen molar-refractivity contribution in [2.75, 3.05) is 52.9 Å². The van der Waals surface area contributed by atoms with Crippen molar-refractivity contribution in [3.05, 3.63) is 22.4 Å². The smallest absolute Gasteiger partial charge is 0.264 e. The topological polar surface area (TPSA) is 55.9 Å². The molecule has 0 aromatic carbocycles. The number of piperazine rings is 1. The summed E-state index contributed by atoms with van der Waals surface area (Å²) in [5, 5.41) is 5.23. The molecule has 7 heteroatoms. The SMILES string of the molecule is CNC1CCCN(CC(=O)N2CCN(C(=O)c3cccs3)CC2)C1. The summed E-state index contributed by atoms with van der Waals surface area (Å²) in [7, 11) is 1.99. The highest BCUT2D eigenvalue weighted by molar-refractivity contribution is 7.12. The molecule has 0 aliphatic carbocycles. The molecule has 0 spiro atoms. The number of carbonyl (C=O) groups is 2. The highest BCUT2D eigenvalue weighted by Gasteiger charge is 2.27. The fraction of sp³-hybridized carbons (Fsp3) is 0.647. The quantitative estimate of drug-likeness (QED) is 0.869. The van der Waals surface area contributed by atoms with Crippen LogP contribution in [-0.4, -0.2) is 85.4 Å². The first kappa shape index (κ1) is 17.4. The predicted octanol–water partition coefficient (Wildman–Crippen LogP) is 0.716. The van der Waals surface area contributed by atoms with Gasteiger partial charge in [-0.2, -0.15) is 0 Å². The maximum Gasteiger partial charge on any atom is 0.264 e. The Balaban J connectivity index is 1.46. The number of piperidine rings is 1. The molecule has 3 heterocycles. The van der Waals surface area contributed by atoms with Gasteiger partial charge in [0, 0.05) is 38.8 Å². The van der Waals surface area contributed by atoms with Crippen LogP contribution in [0.4, 0.5) is 0 Å². The van der Waals surface area contributed by atoms with Crippen LogP contribution < -0.4 is 5.32 Å². The molecular formula is C17H26N4O2S. The van der Waals surface area contributed by atoms with Crippen molar-refractivity contribution in [2.45, 2.75) is 18.9 Å². The van der Waals surface area contributed by atoms with Gasteiger partial charge in [0.05, 0.1) is 11.4 Å². The lowest BCUT2D eigenvalue weighted by Crippen LogP contribution is -2.54. The Morgan fingerprint density at radius 1 is 1.21 bits per heavy atom. The van der Waals surface area contributed by atoms with Gasteiger partial charge in [-0.1, -0.05) is 6.07 Å². The van der Waals surface area contributed by atoms with E-state index in [0.717, 1.165) is 24.4 Å². The summed E-state index contributed by atoms with van der Waals surface area (Å²) < 4.78 is 0. The second-order valence-corrected chi connectivity index (χ2v) is 7.46. The monoisotopic (exact) mass is 350 g/mol. The number of thiophene rings is 1. The van der Waals surface area contributed by atoms with Crippen LogP contribution in [0.2, 0.25) is 0 Å². The largest absolute Gasteiger partial charge is 0.338 e. The second kappa shape index (κ2) is 8.09. The van der Waals surface area contributed by atoms with Gasteiger partial charge in [0.25, 0.3) is 5.91 Å². The maximum atomic E-state index is 12.5. The average Bonchev–Trinajstić information content (AvgIpc) is 3.16. The van der Waals surface area contributed by atoms with E-state index in [1.165, 1.54) is 17.8 Å². The fourth-order valence-electron chi connectivity index (χ4n) is 3.44. The Morgan fingerprint density at radius 3 is 2.62 bits per heavy atom. The molecule has 0 saturated carbocycles. The molecule has 1 N–H and O–H groups in total. The molecule has 2 aliphatic heterocycles.